The van der Waals surface area contributed by atoms with E-state index in [1.165, 1.54) is 0 Å². The Morgan fingerprint density at radius 3 is 2.62 bits per heavy atom. The Morgan fingerprint density at radius 1 is 1.38 bits per heavy atom. The van der Waals surface area contributed by atoms with Gasteiger partial charge in [-0.2, -0.15) is 0 Å². The standard InChI is InChI=1S/C14H18N2/c1-5-8-11-12(10-16-13(11)7-3)14(15-4)9-6-2/h5-10,16H,3H2,1-2,4H3/b8-5-,9-6-,15-14?. The molecule has 0 unspecified atom stereocenters. The summed E-state index contributed by atoms with van der Waals surface area (Å²) >= 11 is 0. The molecule has 16 heavy (non-hydrogen) atoms. The van der Waals surface area contributed by atoms with E-state index in [1.54, 1.807) is 7.05 Å². The number of aliphatic imine (C=N–C) groups is 1. The van der Waals surface area contributed by atoms with E-state index in [1.807, 2.05) is 44.3 Å². The van der Waals surface area contributed by atoms with Crippen molar-refractivity contribution in [1.29, 1.82) is 0 Å². The van der Waals surface area contributed by atoms with Crippen LogP contribution in [0.1, 0.15) is 30.7 Å². The second kappa shape index (κ2) is 5.91. The first kappa shape index (κ1) is 12.2. The van der Waals surface area contributed by atoms with Crippen molar-refractivity contribution in [1.82, 2.24) is 4.98 Å². The lowest BCUT2D eigenvalue weighted by atomic mass is 10.1. The lowest BCUT2D eigenvalue weighted by Gasteiger charge is -2.00. The Labute approximate surface area is 97.1 Å². The molecule has 0 aliphatic rings. The molecule has 0 spiro atoms. The molecule has 0 amide bonds. The topological polar surface area (TPSA) is 28.1 Å². The lowest BCUT2D eigenvalue weighted by Crippen LogP contribution is -1.97. The van der Waals surface area contributed by atoms with E-state index in [0.717, 1.165) is 22.5 Å². The largest absolute Gasteiger partial charge is 0.361 e. The maximum Gasteiger partial charge on any atom is 0.0661 e. The smallest absolute Gasteiger partial charge is 0.0661 e. The molecule has 0 saturated heterocycles. The van der Waals surface area contributed by atoms with Crippen molar-refractivity contribution in [3.8, 4) is 0 Å². The molecular formula is C14H18N2. The van der Waals surface area contributed by atoms with Crippen molar-refractivity contribution in [3.05, 3.63) is 47.8 Å². The SMILES string of the molecule is C=Cc1[nH]cc(C(/C=C\C)=NC)c1/C=C\C. The van der Waals surface area contributed by atoms with Crippen LogP contribution in [0, 0.1) is 0 Å². The number of hydrogen-bond donors (Lipinski definition) is 1. The van der Waals surface area contributed by atoms with Gasteiger partial charge in [0.15, 0.2) is 0 Å². The van der Waals surface area contributed by atoms with Gasteiger partial charge < -0.3 is 4.98 Å². The minimum absolute atomic E-state index is 0.972. The number of aromatic nitrogens is 1. The van der Waals surface area contributed by atoms with Crippen LogP contribution in [0.15, 0.2) is 36.0 Å². The lowest BCUT2D eigenvalue weighted by molar-refractivity contribution is 1.37. The number of hydrogen-bond acceptors (Lipinski definition) is 1. The van der Waals surface area contributed by atoms with Gasteiger partial charge in [0.1, 0.15) is 0 Å². The predicted octanol–water partition coefficient (Wildman–Crippen LogP) is 3.69. The third-order valence-corrected chi connectivity index (χ3v) is 2.33. The summed E-state index contributed by atoms with van der Waals surface area (Å²) in [5.74, 6) is 0. The van der Waals surface area contributed by atoms with E-state index in [4.69, 9.17) is 0 Å². The maximum atomic E-state index is 4.28. The maximum absolute atomic E-state index is 4.28. The highest BCUT2D eigenvalue weighted by Gasteiger charge is 2.09. The van der Waals surface area contributed by atoms with Crippen LogP contribution in [0.25, 0.3) is 12.2 Å². The first-order valence-electron chi connectivity index (χ1n) is 5.34. The van der Waals surface area contributed by atoms with E-state index in [0.29, 0.717) is 0 Å². The fourth-order valence-corrected chi connectivity index (χ4v) is 1.62. The van der Waals surface area contributed by atoms with Crippen molar-refractivity contribution < 1.29 is 0 Å². The Kier molecular flexibility index (Phi) is 4.52. The zero-order valence-corrected chi connectivity index (χ0v) is 10.1. The molecule has 2 heteroatoms. The Bertz CT molecular complexity index is 445. The summed E-state index contributed by atoms with van der Waals surface area (Å²) in [6.07, 6.45) is 11.9. The summed E-state index contributed by atoms with van der Waals surface area (Å²) in [4.78, 5) is 7.48. The molecular weight excluding hydrogens is 196 g/mol. The molecule has 84 valence electrons. The summed E-state index contributed by atoms with van der Waals surface area (Å²) in [7, 11) is 1.80. The average molecular weight is 214 g/mol. The van der Waals surface area contributed by atoms with Gasteiger partial charge in [-0.1, -0.05) is 24.8 Å². The normalized spacial score (nSPS) is 12.8. The van der Waals surface area contributed by atoms with E-state index < -0.39 is 0 Å². The number of H-pyrrole nitrogens is 1. The highest BCUT2D eigenvalue weighted by atomic mass is 14.7. The first-order valence-corrected chi connectivity index (χ1v) is 5.34. The summed E-state index contributed by atoms with van der Waals surface area (Å²) < 4.78 is 0. The van der Waals surface area contributed by atoms with E-state index >= 15 is 0 Å². The molecule has 0 aliphatic carbocycles. The number of nitrogens with one attached hydrogen (secondary N) is 1. The van der Waals surface area contributed by atoms with Crippen LogP contribution in [0.5, 0.6) is 0 Å². The molecule has 1 rings (SSSR count). The number of nitrogens with zero attached hydrogens (tertiary/aromatic N) is 1. The zero-order valence-electron chi connectivity index (χ0n) is 10.1. The van der Waals surface area contributed by atoms with Crippen molar-refractivity contribution in [2.24, 2.45) is 4.99 Å². The Balaban J connectivity index is 3.33. The number of rotatable bonds is 4. The number of aromatic amines is 1. The molecule has 1 aromatic rings. The van der Waals surface area contributed by atoms with Crippen LogP contribution in [0.2, 0.25) is 0 Å². The van der Waals surface area contributed by atoms with Gasteiger partial charge in [-0.3, -0.25) is 4.99 Å². The monoisotopic (exact) mass is 214 g/mol. The molecule has 0 aromatic carbocycles. The summed E-state index contributed by atoms with van der Waals surface area (Å²) in [6.45, 7) is 7.79. The van der Waals surface area contributed by atoms with Gasteiger partial charge in [-0.15, -0.1) is 0 Å². The first-order chi connectivity index (χ1) is 7.78. The van der Waals surface area contributed by atoms with Gasteiger partial charge in [0.2, 0.25) is 0 Å². The van der Waals surface area contributed by atoms with Gasteiger partial charge in [-0.25, -0.2) is 0 Å². The van der Waals surface area contributed by atoms with Gasteiger partial charge >= 0.3 is 0 Å². The molecule has 0 atom stereocenters. The molecule has 0 fully saturated rings. The molecule has 0 radical (unpaired) electrons. The molecule has 1 aromatic heterocycles. The summed E-state index contributed by atoms with van der Waals surface area (Å²) in [6, 6.07) is 0. The van der Waals surface area contributed by atoms with Gasteiger partial charge in [0, 0.05) is 30.1 Å². The zero-order chi connectivity index (χ0) is 12.0. The summed E-state index contributed by atoms with van der Waals surface area (Å²) in [5.41, 5.74) is 4.24. The van der Waals surface area contributed by atoms with Crippen molar-refractivity contribution in [2.75, 3.05) is 7.05 Å². The quantitative estimate of drug-likeness (QED) is 0.740. The van der Waals surface area contributed by atoms with Crippen molar-refractivity contribution >= 4 is 17.9 Å². The highest BCUT2D eigenvalue weighted by Crippen LogP contribution is 2.18. The van der Waals surface area contributed by atoms with Crippen LogP contribution in [-0.4, -0.2) is 17.7 Å². The van der Waals surface area contributed by atoms with Crippen LogP contribution in [0.4, 0.5) is 0 Å². The molecule has 0 aliphatic heterocycles. The molecule has 1 heterocycles. The van der Waals surface area contributed by atoms with Crippen LogP contribution in [0.3, 0.4) is 0 Å². The Morgan fingerprint density at radius 2 is 2.12 bits per heavy atom. The number of allylic oxidation sites excluding steroid dienone is 3. The summed E-state index contributed by atoms with van der Waals surface area (Å²) in [5, 5.41) is 0. The molecule has 2 nitrogen and oxygen atoms in total. The van der Waals surface area contributed by atoms with Gasteiger partial charge in [-0.05, 0) is 26.0 Å². The second-order valence-electron chi connectivity index (χ2n) is 3.34. The molecule has 0 saturated carbocycles. The third-order valence-electron chi connectivity index (χ3n) is 2.33. The Hall–Kier alpha value is -1.83. The van der Waals surface area contributed by atoms with Crippen molar-refractivity contribution in [2.45, 2.75) is 13.8 Å². The third kappa shape index (κ3) is 2.40. The highest BCUT2D eigenvalue weighted by molar-refractivity contribution is 6.11. The van der Waals surface area contributed by atoms with Crippen LogP contribution >= 0.6 is 0 Å². The fraction of sp³-hybridized carbons (Fsp3) is 0.214. The minimum atomic E-state index is 0.972. The minimum Gasteiger partial charge on any atom is -0.361 e. The van der Waals surface area contributed by atoms with Crippen LogP contribution < -0.4 is 0 Å². The van der Waals surface area contributed by atoms with Gasteiger partial charge in [0.25, 0.3) is 0 Å². The van der Waals surface area contributed by atoms with Crippen molar-refractivity contribution in [3.63, 3.8) is 0 Å². The molecule has 1 N–H and O–H groups in total. The average Bonchev–Trinajstić information content (AvgIpc) is 2.69. The fourth-order valence-electron chi connectivity index (χ4n) is 1.62. The van der Waals surface area contributed by atoms with E-state index in [9.17, 15) is 0 Å². The van der Waals surface area contributed by atoms with Gasteiger partial charge in [0.05, 0.1) is 5.71 Å². The van der Waals surface area contributed by atoms with E-state index in [2.05, 4.69) is 22.6 Å². The molecule has 0 bridgehead atoms. The van der Waals surface area contributed by atoms with E-state index in [-0.39, 0.29) is 0 Å². The predicted molar refractivity (Wildman–Crippen MR) is 72.9 cm³/mol. The second-order valence-corrected chi connectivity index (χ2v) is 3.34. The van der Waals surface area contributed by atoms with Crippen LogP contribution in [-0.2, 0) is 0 Å².